The fourth-order valence-electron chi connectivity index (χ4n) is 1.97. The summed E-state index contributed by atoms with van der Waals surface area (Å²) in [7, 11) is 0. The highest BCUT2D eigenvalue weighted by Crippen LogP contribution is 2.36. The lowest BCUT2D eigenvalue weighted by Crippen LogP contribution is -2.01. The van der Waals surface area contributed by atoms with E-state index in [1.54, 1.807) is 12.1 Å². The van der Waals surface area contributed by atoms with Crippen LogP contribution in [-0.4, -0.2) is 18.0 Å². The van der Waals surface area contributed by atoms with E-state index in [9.17, 15) is 0 Å². The molecule has 0 aliphatic rings. The summed E-state index contributed by atoms with van der Waals surface area (Å²) in [6.45, 7) is 4.80. The molecule has 22 heavy (non-hydrogen) atoms. The van der Waals surface area contributed by atoms with Gasteiger partial charge < -0.3 is 14.7 Å². The molecule has 0 saturated carbocycles. The molecule has 0 unspecified atom stereocenters. The van der Waals surface area contributed by atoms with Gasteiger partial charge in [0, 0.05) is 5.56 Å². The minimum atomic E-state index is 0.396. The molecule has 0 bridgehead atoms. The first-order chi connectivity index (χ1) is 10.6. The Morgan fingerprint density at radius 2 is 1.91 bits per heavy atom. The number of hydrogen-bond acceptors (Lipinski definition) is 4. The van der Waals surface area contributed by atoms with Crippen molar-refractivity contribution in [2.45, 2.75) is 20.5 Å². The number of hydrogen-bond donors (Lipinski definition) is 1. The van der Waals surface area contributed by atoms with Gasteiger partial charge in [0.05, 0.1) is 17.8 Å². The molecule has 4 nitrogen and oxygen atoms in total. The molecule has 0 aliphatic heterocycles. The van der Waals surface area contributed by atoms with Gasteiger partial charge in [-0.3, -0.25) is 0 Å². The summed E-state index contributed by atoms with van der Waals surface area (Å²) >= 11 is 6.25. The van der Waals surface area contributed by atoms with E-state index in [2.05, 4.69) is 5.16 Å². The van der Waals surface area contributed by atoms with Crippen LogP contribution >= 0.6 is 11.6 Å². The van der Waals surface area contributed by atoms with Crippen LogP contribution in [0.3, 0.4) is 0 Å². The highest BCUT2D eigenvalue weighted by molar-refractivity contribution is 6.32. The van der Waals surface area contributed by atoms with Gasteiger partial charge >= 0.3 is 0 Å². The van der Waals surface area contributed by atoms with Crippen LogP contribution in [0.2, 0.25) is 5.02 Å². The Morgan fingerprint density at radius 1 is 1.18 bits per heavy atom. The summed E-state index contributed by atoms with van der Waals surface area (Å²) in [6, 6.07) is 11.5. The van der Waals surface area contributed by atoms with Gasteiger partial charge in [0.2, 0.25) is 0 Å². The number of aryl methyl sites for hydroxylation is 1. The van der Waals surface area contributed by atoms with Gasteiger partial charge in [0.25, 0.3) is 0 Å². The standard InChI is InChI=1S/C17H18ClNO3/c1-3-21-16-9-14(10-19-20)8-15(18)17(16)22-11-13-6-4-12(2)5-7-13/h4-10,20H,3,11H2,1-2H3. The molecule has 0 saturated heterocycles. The Bertz CT molecular complexity index is 654. The molecule has 0 fully saturated rings. The lowest BCUT2D eigenvalue weighted by molar-refractivity contribution is 0.269. The van der Waals surface area contributed by atoms with Crippen LogP contribution < -0.4 is 9.47 Å². The monoisotopic (exact) mass is 319 g/mol. The van der Waals surface area contributed by atoms with Crippen LogP contribution in [0.4, 0.5) is 0 Å². The molecule has 1 N–H and O–H groups in total. The van der Waals surface area contributed by atoms with E-state index in [-0.39, 0.29) is 0 Å². The number of oxime groups is 1. The zero-order valence-electron chi connectivity index (χ0n) is 12.5. The van der Waals surface area contributed by atoms with E-state index in [0.29, 0.717) is 35.3 Å². The van der Waals surface area contributed by atoms with E-state index < -0.39 is 0 Å². The van der Waals surface area contributed by atoms with Gasteiger partial charge in [0.15, 0.2) is 11.5 Å². The molecular weight excluding hydrogens is 302 g/mol. The molecule has 0 amide bonds. The summed E-state index contributed by atoms with van der Waals surface area (Å²) in [5.74, 6) is 1.01. The zero-order chi connectivity index (χ0) is 15.9. The lowest BCUT2D eigenvalue weighted by atomic mass is 10.1. The largest absolute Gasteiger partial charge is 0.490 e. The van der Waals surface area contributed by atoms with Crippen LogP contribution in [0.1, 0.15) is 23.6 Å². The third-order valence-corrected chi connectivity index (χ3v) is 3.32. The van der Waals surface area contributed by atoms with Gasteiger partial charge in [-0.05, 0) is 31.5 Å². The quantitative estimate of drug-likeness (QED) is 0.486. The van der Waals surface area contributed by atoms with Crippen LogP contribution in [0.5, 0.6) is 11.5 Å². The summed E-state index contributed by atoms with van der Waals surface area (Å²) in [5.41, 5.74) is 2.88. The van der Waals surface area contributed by atoms with Gasteiger partial charge in [-0.1, -0.05) is 46.6 Å². The van der Waals surface area contributed by atoms with E-state index in [4.69, 9.17) is 26.3 Å². The first-order valence-electron chi connectivity index (χ1n) is 6.96. The van der Waals surface area contributed by atoms with Crippen molar-refractivity contribution in [2.24, 2.45) is 5.16 Å². The van der Waals surface area contributed by atoms with E-state index in [1.807, 2.05) is 38.1 Å². The van der Waals surface area contributed by atoms with Gasteiger partial charge in [-0.2, -0.15) is 0 Å². The van der Waals surface area contributed by atoms with E-state index >= 15 is 0 Å². The van der Waals surface area contributed by atoms with Crippen LogP contribution in [0.15, 0.2) is 41.6 Å². The Kier molecular flexibility index (Phi) is 5.67. The second-order valence-corrected chi connectivity index (χ2v) is 5.19. The fraction of sp³-hybridized carbons (Fsp3) is 0.235. The first-order valence-corrected chi connectivity index (χ1v) is 7.34. The van der Waals surface area contributed by atoms with Crippen LogP contribution in [-0.2, 0) is 6.61 Å². The lowest BCUT2D eigenvalue weighted by Gasteiger charge is -2.14. The predicted octanol–water partition coefficient (Wildman–Crippen LogP) is 4.43. The molecule has 0 spiro atoms. The SMILES string of the molecule is CCOc1cc(C=NO)cc(Cl)c1OCc1ccc(C)cc1. The Balaban J connectivity index is 2.22. The molecule has 2 aromatic rings. The Morgan fingerprint density at radius 3 is 2.55 bits per heavy atom. The zero-order valence-corrected chi connectivity index (χ0v) is 13.3. The number of benzene rings is 2. The Labute approximate surface area is 134 Å². The highest BCUT2D eigenvalue weighted by Gasteiger charge is 2.12. The van der Waals surface area contributed by atoms with Crippen molar-refractivity contribution in [3.05, 3.63) is 58.1 Å². The number of halogens is 1. The molecule has 0 heterocycles. The minimum Gasteiger partial charge on any atom is -0.490 e. The van der Waals surface area contributed by atoms with Crippen molar-refractivity contribution >= 4 is 17.8 Å². The molecular formula is C17H18ClNO3. The molecule has 2 aromatic carbocycles. The Hall–Kier alpha value is -2.20. The maximum Gasteiger partial charge on any atom is 0.180 e. The summed E-state index contributed by atoms with van der Waals surface area (Å²) in [6.07, 6.45) is 1.29. The first kappa shape index (κ1) is 16.2. The molecule has 0 radical (unpaired) electrons. The van der Waals surface area contributed by atoms with Gasteiger partial charge in [-0.25, -0.2) is 0 Å². The molecule has 2 rings (SSSR count). The van der Waals surface area contributed by atoms with Crippen molar-refractivity contribution < 1.29 is 14.7 Å². The van der Waals surface area contributed by atoms with Crippen molar-refractivity contribution in [1.29, 1.82) is 0 Å². The smallest absolute Gasteiger partial charge is 0.180 e. The van der Waals surface area contributed by atoms with Gasteiger partial charge in [0.1, 0.15) is 6.61 Å². The number of rotatable bonds is 6. The summed E-state index contributed by atoms with van der Waals surface area (Å²) < 4.78 is 11.4. The average Bonchev–Trinajstić information content (AvgIpc) is 2.49. The summed E-state index contributed by atoms with van der Waals surface area (Å²) in [4.78, 5) is 0. The highest BCUT2D eigenvalue weighted by atomic mass is 35.5. The van der Waals surface area contributed by atoms with Gasteiger partial charge in [-0.15, -0.1) is 0 Å². The third kappa shape index (κ3) is 4.15. The van der Waals surface area contributed by atoms with Crippen molar-refractivity contribution in [2.75, 3.05) is 6.61 Å². The van der Waals surface area contributed by atoms with Crippen molar-refractivity contribution in [3.63, 3.8) is 0 Å². The van der Waals surface area contributed by atoms with E-state index in [0.717, 1.165) is 5.56 Å². The maximum absolute atomic E-state index is 8.63. The number of ether oxygens (including phenoxy) is 2. The fourth-order valence-corrected chi connectivity index (χ4v) is 2.25. The predicted molar refractivity (Wildman–Crippen MR) is 87.5 cm³/mol. The number of nitrogens with zero attached hydrogens (tertiary/aromatic N) is 1. The third-order valence-electron chi connectivity index (χ3n) is 3.04. The molecule has 0 aliphatic carbocycles. The van der Waals surface area contributed by atoms with Crippen molar-refractivity contribution in [3.8, 4) is 11.5 Å². The van der Waals surface area contributed by atoms with Crippen LogP contribution in [0.25, 0.3) is 0 Å². The topological polar surface area (TPSA) is 51.0 Å². The second kappa shape index (κ2) is 7.71. The average molecular weight is 320 g/mol. The minimum absolute atomic E-state index is 0.396. The molecule has 0 aromatic heterocycles. The molecule has 0 atom stereocenters. The maximum atomic E-state index is 8.63. The molecule has 5 heteroatoms. The van der Waals surface area contributed by atoms with E-state index in [1.165, 1.54) is 11.8 Å². The molecule has 116 valence electrons. The normalized spacial score (nSPS) is 10.9. The van der Waals surface area contributed by atoms with Crippen molar-refractivity contribution in [1.82, 2.24) is 0 Å². The summed E-state index contributed by atoms with van der Waals surface area (Å²) in [5, 5.41) is 12.0. The van der Waals surface area contributed by atoms with Crippen LogP contribution in [0, 0.1) is 6.92 Å². The second-order valence-electron chi connectivity index (χ2n) is 4.78.